The zero-order valence-corrected chi connectivity index (χ0v) is 16.3. The van der Waals surface area contributed by atoms with Crippen LogP contribution in [0.15, 0.2) is 24.4 Å². The van der Waals surface area contributed by atoms with Crippen molar-refractivity contribution in [2.75, 3.05) is 19.6 Å². The van der Waals surface area contributed by atoms with E-state index in [4.69, 9.17) is 0 Å². The third-order valence-electron chi connectivity index (χ3n) is 6.45. The summed E-state index contributed by atoms with van der Waals surface area (Å²) in [7, 11) is 0. The van der Waals surface area contributed by atoms with Crippen molar-refractivity contribution < 1.29 is 4.79 Å². The quantitative estimate of drug-likeness (QED) is 0.656. The lowest BCUT2D eigenvalue weighted by atomic mass is 9.88. The number of hydrogen-bond donors (Lipinski definition) is 3. The van der Waals surface area contributed by atoms with Gasteiger partial charge < -0.3 is 15.2 Å². The van der Waals surface area contributed by atoms with Gasteiger partial charge in [0.1, 0.15) is 0 Å². The second-order valence-electron chi connectivity index (χ2n) is 7.96. The first-order valence-electron chi connectivity index (χ1n) is 10.4. The molecule has 3 aromatic rings. The topological polar surface area (TPSA) is 76.8 Å². The number of amides is 1. The van der Waals surface area contributed by atoms with Crippen LogP contribution in [0.5, 0.6) is 0 Å². The van der Waals surface area contributed by atoms with Crippen LogP contribution in [-0.2, 0) is 19.4 Å². The van der Waals surface area contributed by atoms with Crippen LogP contribution in [0.2, 0.25) is 0 Å². The Labute approximate surface area is 164 Å². The van der Waals surface area contributed by atoms with E-state index in [0.29, 0.717) is 11.6 Å². The highest BCUT2D eigenvalue weighted by molar-refractivity contribution is 5.94. The number of carbonyl (C=O) groups is 1. The Morgan fingerprint density at radius 1 is 1.29 bits per heavy atom. The Morgan fingerprint density at radius 2 is 2.14 bits per heavy atom. The monoisotopic (exact) mass is 377 g/mol. The first-order chi connectivity index (χ1) is 13.8. The van der Waals surface area contributed by atoms with Gasteiger partial charge in [-0.2, -0.15) is 5.10 Å². The number of H-pyrrole nitrogens is 2. The van der Waals surface area contributed by atoms with Gasteiger partial charge in [-0.3, -0.25) is 9.89 Å². The standard InChI is InChI=1S/C22H27N5O/c1-2-14-4-3-5-16-17(13-24-20(14)16)15-7-10-27(11-8-15)22(28)21-18-12-23-9-6-19(18)25-26-21/h3-5,13,15,23-24H,2,6-12H2,1H3,(H,25,26). The van der Waals surface area contributed by atoms with Crippen molar-refractivity contribution in [1.82, 2.24) is 25.4 Å². The number of nitrogens with zero attached hydrogens (tertiary/aromatic N) is 2. The smallest absolute Gasteiger partial charge is 0.274 e. The van der Waals surface area contributed by atoms with Gasteiger partial charge in [0.25, 0.3) is 5.91 Å². The summed E-state index contributed by atoms with van der Waals surface area (Å²) in [5.74, 6) is 0.575. The molecule has 0 radical (unpaired) electrons. The van der Waals surface area contributed by atoms with E-state index in [1.807, 2.05) is 4.90 Å². The minimum Gasteiger partial charge on any atom is -0.361 e. The molecular weight excluding hydrogens is 350 g/mol. The van der Waals surface area contributed by atoms with Crippen molar-refractivity contribution in [1.29, 1.82) is 0 Å². The van der Waals surface area contributed by atoms with Crippen molar-refractivity contribution in [3.8, 4) is 0 Å². The molecule has 0 aliphatic carbocycles. The lowest BCUT2D eigenvalue weighted by Crippen LogP contribution is -2.39. The van der Waals surface area contributed by atoms with Crippen LogP contribution in [0.1, 0.15) is 58.6 Å². The highest BCUT2D eigenvalue weighted by atomic mass is 16.2. The molecule has 2 aliphatic rings. The fourth-order valence-corrected chi connectivity index (χ4v) is 4.82. The van der Waals surface area contributed by atoms with Gasteiger partial charge in [0.15, 0.2) is 5.69 Å². The highest BCUT2D eigenvalue weighted by Gasteiger charge is 2.30. The van der Waals surface area contributed by atoms with Gasteiger partial charge in [-0.1, -0.05) is 25.1 Å². The van der Waals surface area contributed by atoms with Gasteiger partial charge in [-0.05, 0) is 36.3 Å². The number of fused-ring (bicyclic) bond motifs is 2. The molecule has 0 unspecified atom stereocenters. The summed E-state index contributed by atoms with van der Waals surface area (Å²) in [6, 6.07) is 6.58. The Bertz CT molecular complexity index is 1010. The number of benzene rings is 1. The highest BCUT2D eigenvalue weighted by Crippen LogP contribution is 2.34. The molecule has 146 valence electrons. The molecule has 0 atom stereocenters. The maximum absolute atomic E-state index is 13.0. The summed E-state index contributed by atoms with van der Waals surface area (Å²) in [5.41, 5.74) is 6.83. The molecule has 6 nitrogen and oxygen atoms in total. The Kier molecular flexibility index (Phi) is 4.43. The van der Waals surface area contributed by atoms with Crippen LogP contribution in [0, 0.1) is 0 Å². The third kappa shape index (κ3) is 2.83. The molecule has 2 aliphatic heterocycles. The van der Waals surface area contributed by atoms with Crippen LogP contribution in [-0.4, -0.2) is 45.6 Å². The predicted octanol–water partition coefficient (Wildman–Crippen LogP) is 3.12. The molecule has 1 saturated heterocycles. The Hall–Kier alpha value is -2.60. The first-order valence-corrected chi connectivity index (χ1v) is 10.4. The van der Waals surface area contributed by atoms with E-state index in [2.05, 4.69) is 51.8 Å². The van der Waals surface area contributed by atoms with E-state index >= 15 is 0 Å². The lowest BCUT2D eigenvalue weighted by molar-refractivity contribution is 0.0706. The maximum Gasteiger partial charge on any atom is 0.274 e. The van der Waals surface area contributed by atoms with Crippen LogP contribution >= 0.6 is 0 Å². The van der Waals surface area contributed by atoms with Gasteiger partial charge in [-0.15, -0.1) is 0 Å². The number of aryl methyl sites for hydroxylation is 1. The van der Waals surface area contributed by atoms with Gasteiger partial charge in [0, 0.05) is 61.0 Å². The average molecular weight is 377 g/mol. The minimum absolute atomic E-state index is 0.0758. The summed E-state index contributed by atoms with van der Waals surface area (Å²) in [6.07, 6.45) is 6.13. The third-order valence-corrected chi connectivity index (χ3v) is 6.45. The van der Waals surface area contributed by atoms with Gasteiger partial charge in [-0.25, -0.2) is 0 Å². The fraction of sp³-hybridized carbons (Fsp3) is 0.455. The number of piperidine rings is 1. The molecule has 0 saturated carbocycles. The summed E-state index contributed by atoms with van der Waals surface area (Å²) in [5, 5.41) is 12.1. The molecule has 5 rings (SSSR count). The van der Waals surface area contributed by atoms with Crippen molar-refractivity contribution >= 4 is 16.8 Å². The van der Waals surface area contributed by atoms with Gasteiger partial charge >= 0.3 is 0 Å². The van der Waals surface area contributed by atoms with Crippen molar-refractivity contribution in [3.05, 3.63) is 52.5 Å². The largest absolute Gasteiger partial charge is 0.361 e. The molecule has 1 aromatic carbocycles. The van der Waals surface area contributed by atoms with Crippen LogP contribution in [0.4, 0.5) is 0 Å². The van der Waals surface area contributed by atoms with Crippen LogP contribution < -0.4 is 5.32 Å². The second-order valence-corrected chi connectivity index (χ2v) is 7.96. The summed E-state index contributed by atoms with van der Waals surface area (Å²) in [6.45, 7) is 5.46. The maximum atomic E-state index is 13.0. The second kappa shape index (κ2) is 7.09. The normalized spacial score (nSPS) is 17.8. The molecule has 4 heterocycles. The van der Waals surface area contributed by atoms with E-state index in [0.717, 1.165) is 63.1 Å². The number of carbonyl (C=O) groups excluding carboxylic acids is 1. The molecule has 1 amide bonds. The van der Waals surface area contributed by atoms with E-state index in [9.17, 15) is 4.79 Å². The van der Waals surface area contributed by atoms with E-state index < -0.39 is 0 Å². The van der Waals surface area contributed by atoms with E-state index in [-0.39, 0.29) is 5.91 Å². The number of hydrogen-bond acceptors (Lipinski definition) is 3. The number of nitrogens with one attached hydrogen (secondary N) is 3. The van der Waals surface area contributed by atoms with Crippen molar-refractivity contribution in [2.45, 2.75) is 45.1 Å². The van der Waals surface area contributed by atoms with Crippen LogP contribution in [0.3, 0.4) is 0 Å². The zero-order chi connectivity index (χ0) is 19.1. The number of likely N-dealkylation sites (tertiary alicyclic amines) is 1. The number of aromatic amines is 2. The number of para-hydroxylation sites is 1. The Balaban J connectivity index is 1.32. The van der Waals surface area contributed by atoms with E-state index in [1.165, 1.54) is 22.0 Å². The minimum atomic E-state index is 0.0758. The van der Waals surface area contributed by atoms with Gasteiger partial charge in [0.2, 0.25) is 0 Å². The molecule has 0 spiro atoms. The van der Waals surface area contributed by atoms with E-state index in [1.54, 1.807) is 0 Å². The molecule has 3 N–H and O–H groups in total. The van der Waals surface area contributed by atoms with Crippen molar-refractivity contribution in [3.63, 3.8) is 0 Å². The molecule has 2 aromatic heterocycles. The van der Waals surface area contributed by atoms with Crippen molar-refractivity contribution in [2.24, 2.45) is 0 Å². The molecule has 0 bridgehead atoms. The SMILES string of the molecule is CCc1cccc2c(C3CCN(C(=O)c4n[nH]c5c4CNCC5)CC3)c[nH]c12. The summed E-state index contributed by atoms with van der Waals surface area (Å²) < 4.78 is 0. The molecule has 1 fully saturated rings. The fourth-order valence-electron chi connectivity index (χ4n) is 4.82. The Morgan fingerprint density at radius 3 is 2.96 bits per heavy atom. The summed E-state index contributed by atoms with van der Waals surface area (Å²) in [4.78, 5) is 18.5. The number of aromatic nitrogens is 3. The zero-order valence-electron chi connectivity index (χ0n) is 16.3. The number of rotatable bonds is 3. The molecule has 6 heteroatoms. The first kappa shape index (κ1) is 17.5. The summed E-state index contributed by atoms with van der Waals surface area (Å²) >= 11 is 0. The molecular formula is C22H27N5O. The van der Waals surface area contributed by atoms with Crippen LogP contribution in [0.25, 0.3) is 10.9 Å². The van der Waals surface area contributed by atoms with Gasteiger partial charge in [0.05, 0.1) is 0 Å². The predicted molar refractivity (Wildman–Crippen MR) is 110 cm³/mol. The average Bonchev–Trinajstić information content (AvgIpc) is 3.37. The lowest BCUT2D eigenvalue weighted by Gasteiger charge is -2.32. The molecule has 28 heavy (non-hydrogen) atoms.